The molecule has 1 amide bonds. The van der Waals surface area contributed by atoms with Crippen molar-refractivity contribution in [3.63, 3.8) is 0 Å². The van der Waals surface area contributed by atoms with Crippen molar-refractivity contribution in [2.24, 2.45) is 0 Å². The summed E-state index contributed by atoms with van der Waals surface area (Å²) >= 11 is 0. The lowest BCUT2D eigenvalue weighted by molar-refractivity contribution is 0.0950. The molecule has 0 aliphatic rings. The Balaban J connectivity index is 1.59. The number of hydrogen-bond donors (Lipinski definition) is 1. The number of hydrogen-bond acceptors (Lipinski definition) is 5. The quantitative estimate of drug-likeness (QED) is 0.688. The molecular formula is C21H22N2O4. The smallest absolute Gasteiger partial charge is 0.251 e. The van der Waals surface area contributed by atoms with Gasteiger partial charge in [0.2, 0.25) is 0 Å². The molecule has 1 heterocycles. The van der Waals surface area contributed by atoms with Gasteiger partial charge in [-0.3, -0.25) is 4.79 Å². The Morgan fingerprint density at radius 3 is 2.56 bits per heavy atom. The van der Waals surface area contributed by atoms with Crippen molar-refractivity contribution in [1.82, 2.24) is 10.5 Å². The number of aromatic nitrogens is 1. The average molecular weight is 366 g/mol. The van der Waals surface area contributed by atoms with Crippen molar-refractivity contribution in [1.29, 1.82) is 0 Å². The van der Waals surface area contributed by atoms with Gasteiger partial charge in [-0.2, -0.15) is 0 Å². The first-order valence-electron chi connectivity index (χ1n) is 8.62. The lowest BCUT2D eigenvalue weighted by Gasteiger charge is -2.09. The molecule has 6 nitrogen and oxygen atoms in total. The number of methoxy groups -OCH3 is 1. The molecule has 0 bridgehead atoms. The highest BCUT2D eigenvalue weighted by Gasteiger charge is 2.11. The van der Waals surface area contributed by atoms with Crippen molar-refractivity contribution in [3.8, 4) is 11.5 Å². The Hall–Kier alpha value is -3.28. The fraction of sp³-hybridized carbons (Fsp3) is 0.238. The van der Waals surface area contributed by atoms with Crippen LogP contribution in [0.4, 0.5) is 0 Å². The minimum atomic E-state index is -0.159. The van der Waals surface area contributed by atoms with Gasteiger partial charge in [-0.15, -0.1) is 0 Å². The monoisotopic (exact) mass is 366 g/mol. The van der Waals surface area contributed by atoms with E-state index in [2.05, 4.69) is 10.5 Å². The van der Waals surface area contributed by atoms with Crippen molar-refractivity contribution in [2.45, 2.75) is 27.0 Å². The van der Waals surface area contributed by atoms with E-state index in [1.807, 2.05) is 44.2 Å². The van der Waals surface area contributed by atoms with Crippen molar-refractivity contribution < 1.29 is 18.8 Å². The van der Waals surface area contributed by atoms with Crippen molar-refractivity contribution in [3.05, 3.63) is 76.7 Å². The van der Waals surface area contributed by atoms with E-state index in [4.69, 9.17) is 14.0 Å². The van der Waals surface area contributed by atoms with E-state index in [0.717, 1.165) is 28.3 Å². The van der Waals surface area contributed by atoms with Gasteiger partial charge in [0.05, 0.1) is 18.4 Å². The molecule has 0 radical (unpaired) electrons. The first-order chi connectivity index (χ1) is 13.1. The Bertz CT molecular complexity index is 897. The number of ether oxygens (including phenoxy) is 2. The summed E-state index contributed by atoms with van der Waals surface area (Å²) < 4.78 is 16.1. The molecule has 0 fully saturated rings. The average Bonchev–Trinajstić information content (AvgIpc) is 3.02. The standard InChI is InChI=1S/C21H22N2O4/c1-14-20(15(2)27-23-14)13-26-19-6-4-5-17(11-19)21(24)22-12-16-7-9-18(25-3)10-8-16/h4-11H,12-13H2,1-3H3,(H,22,24). The second-order valence-corrected chi connectivity index (χ2v) is 6.15. The fourth-order valence-electron chi connectivity index (χ4n) is 2.62. The van der Waals surface area contributed by atoms with Gasteiger partial charge in [-0.1, -0.05) is 23.4 Å². The summed E-state index contributed by atoms with van der Waals surface area (Å²) in [5, 5.41) is 6.82. The van der Waals surface area contributed by atoms with Crippen LogP contribution in [-0.2, 0) is 13.2 Å². The number of nitrogens with one attached hydrogen (secondary N) is 1. The Labute approximate surface area is 158 Å². The van der Waals surface area contributed by atoms with Gasteiger partial charge in [0.25, 0.3) is 5.91 Å². The largest absolute Gasteiger partial charge is 0.497 e. The molecule has 0 saturated heterocycles. The third-order valence-electron chi connectivity index (χ3n) is 4.27. The van der Waals surface area contributed by atoms with E-state index < -0.39 is 0 Å². The molecule has 0 saturated carbocycles. The maximum absolute atomic E-state index is 12.4. The number of nitrogens with zero attached hydrogens (tertiary/aromatic N) is 1. The number of carbonyl (C=O) groups is 1. The van der Waals surface area contributed by atoms with E-state index in [9.17, 15) is 4.79 Å². The third kappa shape index (κ3) is 4.67. The van der Waals surface area contributed by atoms with Crippen LogP contribution >= 0.6 is 0 Å². The number of benzene rings is 2. The molecule has 0 aliphatic carbocycles. The maximum atomic E-state index is 12.4. The fourth-order valence-corrected chi connectivity index (χ4v) is 2.62. The normalized spacial score (nSPS) is 10.5. The third-order valence-corrected chi connectivity index (χ3v) is 4.27. The molecule has 1 aromatic heterocycles. The van der Waals surface area contributed by atoms with Crippen LogP contribution < -0.4 is 14.8 Å². The van der Waals surface area contributed by atoms with Crippen LogP contribution in [0.2, 0.25) is 0 Å². The second kappa shape index (κ2) is 8.40. The lowest BCUT2D eigenvalue weighted by Crippen LogP contribution is -2.22. The van der Waals surface area contributed by atoms with E-state index in [0.29, 0.717) is 24.5 Å². The van der Waals surface area contributed by atoms with E-state index in [1.54, 1.807) is 25.3 Å². The van der Waals surface area contributed by atoms with Gasteiger partial charge in [-0.25, -0.2) is 0 Å². The van der Waals surface area contributed by atoms with Gasteiger partial charge in [0, 0.05) is 12.1 Å². The molecule has 1 N–H and O–H groups in total. The zero-order valence-corrected chi connectivity index (χ0v) is 15.6. The lowest BCUT2D eigenvalue weighted by atomic mass is 10.1. The van der Waals surface area contributed by atoms with Crippen molar-refractivity contribution >= 4 is 5.91 Å². The van der Waals surface area contributed by atoms with Crippen LogP contribution in [0.25, 0.3) is 0 Å². The topological polar surface area (TPSA) is 73.6 Å². The summed E-state index contributed by atoms with van der Waals surface area (Å²) in [5.41, 5.74) is 3.26. The second-order valence-electron chi connectivity index (χ2n) is 6.15. The van der Waals surface area contributed by atoms with Gasteiger partial charge in [0.1, 0.15) is 23.9 Å². The summed E-state index contributed by atoms with van der Waals surface area (Å²) in [4.78, 5) is 12.4. The summed E-state index contributed by atoms with van der Waals surface area (Å²) in [7, 11) is 1.62. The molecule has 3 rings (SSSR count). The van der Waals surface area contributed by atoms with E-state index in [-0.39, 0.29) is 5.91 Å². The SMILES string of the molecule is COc1ccc(CNC(=O)c2cccc(OCc3c(C)noc3C)c2)cc1. The molecule has 27 heavy (non-hydrogen) atoms. The Morgan fingerprint density at radius 1 is 1.11 bits per heavy atom. The van der Waals surface area contributed by atoms with Gasteiger partial charge < -0.3 is 19.3 Å². The molecule has 2 aromatic carbocycles. The molecule has 140 valence electrons. The molecule has 3 aromatic rings. The van der Waals surface area contributed by atoms with Crippen LogP contribution in [0.15, 0.2) is 53.1 Å². The van der Waals surface area contributed by atoms with Gasteiger partial charge in [-0.05, 0) is 49.7 Å². The molecule has 0 unspecified atom stereocenters. The minimum absolute atomic E-state index is 0.159. The zero-order valence-electron chi connectivity index (χ0n) is 15.6. The molecule has 0 aliphatic heterocycles. The predicted molar refractivity (Wildman–Crippen MR) is 101 cm³/mol. The van der Waals surface area contributed by atoms with Crippen LogP contribution in [-0.4, -0.2) is 18.2 Å². The number of aryl methyl sites for hydroxylation is 2. The predicted octanol–water partition coefficient (Wildman–Crippen LogP) is 3.81. The van der Waals surface area contributed by atoms with Crippen LogP contribution in [0.1, 0.15) is 32.9 Å². The highest BCUT2D eigenvalue weighted by atomic mass is 16.5. The highest BCUT2D eigenvalue weighted by Crippen LogP contribution is 2.19. The first-order valence-corrected chi connectivity index (χ1v) is 8.62. The summed E-state index contributed by atoms with van der Waals surface area (Å²) in [6, 6.07) is 14.7. The van der Waals surface area contributed by atoms with Crippen LogP contribution in [0.5, 0.6) is 11.5 Å². The highest BCUT2D eigenvalue weighted by molar-refractivity contribution is 5.94. The van der Waals surface area contributed by atoms with Crippen molar-refractivity contribution in [2.75, 3.05) is 7.11 Å². The minimum Gasteiger partial charge on any atom is -0.497 e. The summed E-state index contributed by atoms with van der Waals surface area (Å²) in [5.74, 6) is 1.98. The number of carbonyl (C=O) groups excluding carboxylic acids is 1. The van der Waals surface area contributed by atoms with Crippen LogP contribution in [0, 0.1) is 13.8 Å². The van der Waals surface area contributed by atoms with Crippen LogP contribution in [0.3, 0.4) is 0 Å². The van der Waals surface area contributed by atoms with E-state index >= 15 is 0 Å². The number of amides is 1. The Kier molecular flexibility index (Phi) is 5.76. The Morgan fingerprint density at radius 2 is 1.89 bits per heavy atom. The zero-order chi connectivity index (χ0) is 19.2. The molecule has 0 atom stereocenters. The summed E-state index contributed by atoms with van der Waals surface area (Å²) in [6.45, 7) is 4.50. The number of rotatable bonds is 7. The molecular weight excluding hydrogens is 344 g/mol. The van der Waals surface area contributed by atoms with Gasteiger partial charge >= 0.3 is 0 Å². The first kappa shape index (κ1) is 18.5. The summed E-state index contributed by atoms with van der Waals surface area (Å²) in [6.07, 6.45) is 0. The van der Waals surface area contributed by atoms with Gasteiger partial charge in [0.15, 0.2) is 0 Å². The molecule has 0 spiro atoms. The maximum Gasteiger partial charge on any atom is 0.251 e. The van der Waals surface area contributed by atoms with E-state index in [1.165, 1.54) is 0 Å². The molecule has 6 heteroatoms.